The van der Waals surface area contributed by atoms with E-state index in [1.165, 1.54) is 25.4 Å². The van der Waals surface area contributed by atoms with E-state index in [1.807, 2.05) is 0 Å². The Bertz CT molecular complexity index is 707. The third kappa shape index (κ3) is 2.68. The summed E-state index contributed by atoms with van der Waals surface area (Å²) in [6, 6.07) is 2.68. The van der Waals surface area contributed by atoms with Gasteiger partial charge in [-0.15, -0.1) is 0 Å². The quantitative estimate of drug-likeness (QED) is 0.492. The van der Waals surface area contributed by atoms with Crippen LogP contribution in [0.2, 0.25) is 0 Å². The summed E-state index contributed by atoms with van der Waals surface area (Å²) in [6.07, 6.45) is 2.22. The molecule has 108 valence electrons. The van der Waals surface area contributed by atoms with Crippen LogP contribution in [0.5, 0.6) is 0 Å². The van der Waals surface area contributed by atoms with Crippen molar-refractivity contribution in [2.24, 2.45) is 0 Å². The number of carboxylic acids is 1. The number of ether oxygens (including phenoxy) is 1. The van der Waals surface area contributed by atoms with Crippen LogP contribution >= 0.6 is 0 Å². The molecule has 0 unspecified atom stereocenters. The molecule has 0 fully saturated rings. The van der Waals surface area contributed by atoms with Crippen molar-refractivity contribution in [1.29, 1.82) is 0 Å². The summed E-state index contributed by atoms with van der Waals surface area (Å²) in [5.74, 6) is -2.22. The molecular weight excluding hydrogens is 284 g/mol. The van der Waals surface area contributed by atoms with Gasteiger partial charge >= 0.3 is 17.6 Å². The third-order valence-corrected chi connectivity index (χ3v) is 2.50. The topological polar surface area (TPSA) is 137 Å². The molecule has 0 radical (unpaired) electrons. The summed E-state index contributed by atoms with van der Waals surface area (Å²) in [4.78, 5) is 36.0. The third-order valence-electron chi connectivity index (χ3n) is 2.50. The smallest absolute Gasteiger partial charge is 0.363 e. The maximum Gasteiger partial charge on any atom is 0.363 e. The Balaban J connectivity index is 2.52. The molecule has 2 heterocycles. The van der Waals surface area contributed by atoms with Crippen molar-refractivity contribution in [3.8, 4) is 5.69 Å². The number of carboxylic acid groups (broad SMARTS) is 1. The molecule has 2 rings (SSSR count). The Morgan fingerprint density at radius 3 is 2.71 bits per heavy atom. The summed E-state index contributed by atoms with van der Waals surface area (Å²) in [5.41, 5.74) is -1.15. The van der Waals surface area contributed by atoms with E-state index in [4.69, 9.17) is 5.11 Å². The van der Waals surface area contributed by atoms with Gasteiger partial charge in [-0.1, -0.05) is 0 Å². The lowest BCUT2D eigenvalue weighted by Crippen LogP contribution is -2.06. The molecule has 0 aliphatic rings. The Morgan fingerprint density at radius 2 is 2.19 bits per heavy atom. The number of aromatic nitrogens is 3. The van der Waals surface area contributed by atoms with Crippen molar-refractivity contribution in [2.75, 3.05) is 7.11 Å². The zero-order valence-electron chi connectivity index (χ0n) is 10.6. The lowest BCUT2D eigenvalue weighted by molar-refractivity contribution is -0.385. The maximum absolute atomic E-state index is 11.4. The van der Waals surface area contributed by atoms with Gasteiger partial charge in [0.2, 0.25) is 5.69 Å². The molecule has 0 spiro atoms. The summed E-state index contributed by atoms with van der Waals surface area (Å²) in [6.45, 7) is 0. The molecule has 0 aliphatic carbocycles. The average Bonchev–Trinajstić information content (AvgIpc) is 2.92. The lowest BCUT2D eigenvalue weighted by atomic mass is 10.3. The highest BCUT2D eigenvalue weighted by molar-refractivity contribution is 5.90. The molecular formula is C11H8N4O6. The van der Waals surface area contributed by atoms with E-state index in [1.54, 1.807) is 0 Å². The highest BCUT2D eigenvalue weighted by Gasteiger charge is 2.25. The number of aromatic carboxylic acids is 1. The minimum absolute atomic E-state index is 0.0370. The molecule has 10 nitrogen and oxygen atoms in total. The van der Waals surface area contributed by atoms with Crippen LogP contribution in [0.1, 0.15) is 21.0 Å². The molecule has 2 aromatic heterocycles. The van der Waals surface area contributed by atoms with E-state index in [0.717, 1.165) is 10.9 Å². The minimum atomic E-state index is -1.53. The Kier molecular flexibility index (Phi) is 3.61. The van der Waals surface area contributed by atoms with Gasteiger partial charge in [-0.05, 0) is 12.1 Å². The van der Waals surface area contributed by atoms with Gasteiger partial charge in [0.1, 0.15) is 11.9 Å². The first-order chi connectivity index (χ1) is 9.93. The van der Waals surface area contributed by atoms with E-state index < -0.39 is 28.2 Å². The summed E-state index contributed by atoms with van der Waals surface area (Å²) >= 11 is 0. The average molecular weight is 292 g/mol. The van der Waals surface area contributed by atoms with Crippen molar-refractivity contribution < 1.29 is 24.4 Å². The predicted molar refractivity (Wildman–Crippen MR) is 66.3 cm³/mol. The predicted octanol–water partition coefficient (Wildman–Crippen LogP) is 0.660. The fraction of sp³-hybridized carbons (Fsp3) is 0.0909. The molecule has 2 aromatic rings. The van der Waals surface area contributed by atoms with Crippen LogP contribution in [0.3, 0.4) is 0 Å². The Hall–Kier alpha value is -3.30. The number of esters is 1. The fourth-order valence-corrected chi connectivity index (χ4v) is 1.56. The van der Waals surface area contributed by atoms with Crippen LogP contribution in [-0.4, -0.2) is 43.8 Å². The van der Waals surface area contributed by atoms with Gasteiger partial charge in [0, 0.05) is 6.20 Å². The Labute approximate surface area is 116 Å². The number of rotatable bonds is 4. The molecule has 0 bridgehead atoms. The zero-order chi connectivity index (χ0) is 15.6. The minimum Gasteiger partial charge on any atom is -0.476 e. The maximum atomic E-state index is 11.4. The fourth-order valence-electron chi connectivity index (χ4n) is 1.56. The van der Waals surface area contributed by atoms with E-state index in [0.29, 0.717) is 0 Å². The number of nitrogens with zero attached hydrogens (tertiary/aromatic N) is 4. The van der Waals surface area contributed by atoms with Crippen molar-refractivity contribution in [2.45, 2.75) is 0 Å². The second-order valence-electron chi connectivity index (χ2n) is 3.76. The molecule has 0 saturated heterocycles. The van der Waals surface area contributed by atoms with Crippen LogP contribution in [0.4, 0.5) is 5.69 Å². The number of hydrogen-bond donors (Lipinski definition) is 1. The molecule has 1 N–H and O–H groups in total. The van der Waals surface area contributed by atoms with Gasteiger partial charge in [0.25, 0.3) is 0 Å². The van der Waals surface area contributed by atoms with Gasteiger partial charge in [0.05, 0.1) is 17.7 Å². The van der Waals surface area contributed by atoms with Gasteiger partial charge in [-0.25, -0.2) is 19.3 Å². The standard InChI is InChI=1S/C11H8N4O6/c1-21-11(18)7-4-6(2-3-12-7)14-5-8(15(19)20)9(13-14)10(16)17/h2-5H,1H3,(H,16,17). The van der Waals surface area contributed by atoms with Crippen molar-refractivity contribution in [3.63, 3.8) is 0 Å². The number of carbonyl (C=O) groups is 2. The van der Waals surface area contributed by atoms with Crippen LogP contribution in [-0.2, 0) is 4.74 Å². The molecule has 0 aromatic carbocycles. The van der Waals surface area contributed by atoms with Gasteiger partial charge in [-0.2, -0.15) is 5.10 Å². The van der Waals surface area contributed by atoms with Crippen molar-refractivity contribution in [1.82, 2.24) is 14.8 Å². The first kappa shape index (κ1) is 14.1. The SMILES string of the molecule is COC(=O)c1cc(-n2cc([N+](=O)[O-])c(C(=O)O)n2)ccn1. The molecule has 0 aliphatic heterocycles. The molecule has 0 saturated carbocycles. The highest BCUT2D eigenvalue weighted by atomic mass is 16.6. The van der Waals surface area contributed by atoms with Gasteiger partial charge < -0.3 is 9.84 Å². The van der Waals surface area contributed by atoms with Crippen molar-refractivity contribution in [3.05, 3.63) is 46.0 Å². The lowest BCUT2D eigenvalue weighted by Gasteiger charge is -2.02. The van der Waals surface area contributed by atoms with Crippen LogP contribution < -0.4 is 0 Å². The number of carbonyl (C=O) groups excluding carboxylic acids is 1. The Morgan fingerprint density at radius 1 is 1.48 bits per heavy atom. The molecule has 21 heavy (non-hydrogen) atoms. The molecule has 0 amide bonds. The van der Waals surface area contributed by atoms with Crippen molar-refractivity contribution >= 4 is 17.6 Å². The monoisotopic (exact) mass is 292 g/mol. The number of pyridine rings is 1. The highest BCUT2D eigenvalue weighted by Crippen LogP contribution is 2.19. The molecule has 0 atom stereocenters. The first-order valence-electron chi connectivity index (χ1n) is 5.46. The number of hydrogen-bond acceptors (Lipinski definition) is 7. The number of methoxy groups -OCH3 is 1. The van der Waals surface area contributed by atoms with E-state index in [2.05, 4.69) is 14.8 Å². The van der Waals surface area contributed by atoms with E-state index in [9.17, 15) is 19.7 Å². The van der Waals surface area contributed by atoms with Gasteiger partial charge in [-0.3, -0.25) is 10.1 Å². The number of nitro groups is 1. The summed E-state index contributed by atoms with van der Waals surface area (Å²) in [7, 11) is 1.18. The normalized spacial score (nSPS) is 10.1. The van der Waals surface area contributed by atoms with E-state index >= 15 is 0 Å². The second-order valence-corrected chi connectivity index (χ2v) is 3.76. The van der Waals surface area contributed by atoms with Crippen LogP contribution in [0.15, 0.2) is 24.5 Å². The van der Waals surface area contributed by atoms with Crippen LogP contribution in [0, 0.1) is 10.1 Å². The second kappa shape index (κ2) is 5.36. The summed E-state index contributed by atoms with van der Waals surface area (Å²) < 4.78 is 5.48. The first-order valence-corrected chi connectivity index (χ1v) is 5.46. The van der Waals surface area contributed by atoms with Gasteiger partial charge in [0.15, 0.2) is 0 Å². The molecule has 10 heteroatoms. The van der Waals surface area contributed by atoms with Crippen LogP contribution in [0.25, 0.3) is 5.69 Å². The summed E-state index contributed by atoms with van der Waals surface area (Å²) in [5, 5.41) is 23.3. The zero-order valence-corrected chi connectivity index (χ0v) is 10.6. The van der Waals surface area contributed by atoms with E-state index in [-0.39, 0.29) is 11.4 Å². The largest absolute Gasteiger partial charge is 0.476 e.